The largest absolute Gasteiger partial charge is 0.462 e. The number of carbonyl (C=O) groups is 3. The summed E-state index contributed by atoms with van der Waals surface area (Å²) in [5.41, 5.74) is 0. The molecule has 6 nitrogen and oxygen atoms in total. The topological polar surface area (TPSA) is 78.9 Å². The highest BCUT2D eigenvalue weighted by molar-refractivity contribution is 5.71. The van der Waals surface area contributed by atoms with Crippen molar-refractivity contribution in [2.75, 3.05) is 13.2 Å². The molecule has 0 saturated heterocycles. The molecule has 0 bridgehead atoms. The third-order valence-electron chi connectivity index (χ3n) is 14.0. The van der Waals surface area contributed by atoms with E-state index in [4.69, 9.17) is 14.2 Å². The van der Waals surface area contributed by atoms with Crippen LogP contribution in [-0.2, 0) is 28.6 Å². The molecule has 0 radical (unpaired) electrons. The molecule has 424 valence electrons. The lowest BCUT2D eigenvalue weighted by Gasteiger charge is -2.18. The van der Waals surface area contributed by atoms with Crippen molar-refractivity contribution in [2.45, 2.75) is 335 Å². The summed E-state index contributed by atoms with van der Waals surface area (Å²) in [7, 11) is 0. The molecule has 0 aliphatic carbocycles. The van der Waals surface area contributed by atoms with Crippen molar-refractivity contribution in [2.24, 2.45) is 0 Å². The Labute approximate surface area is 453 Å². The Morgan fingerprint density at radius 2 is 0.493 bits per heavy atom. The Hall–Kier alpha value is -2.89. The van der Waals surface area contributed by atoms with Crippen molar-refractivity contribution < 1.29 is 28.6 Å². The van der Waals surface area contributed by atoms with Crippen LogP contribution in [0.3, 0.4) is 0 Å². The fourth-order valence-corrected chi connectivity index (χ4v) is 9.19. The molecule has 0 aliphatic heterocycles. The third kappa shape index (κ3) is 59.9. The second-order valence-corrected chi connectivity index (χ2v) is 21.3. The number of esters is 3. The van der Waals surface area contributed by atoms with E-state index in [1.165, 1.54) is 199 Å². The third-order valence-corrected chi connectivity index (χ3v) is 14.0. The van der Waals surface area contributed by atoms with Crippen LogP contribution in [0.4, 0.5) is 0 Å². The quantitative estimate of drug-likeness (QED) is 0.0261. The standard InChI is InChI=1S/C67H120O6/c1-4-7-10-13-15-17-19-21-23-25-27-29-31-32-33-34-36-37-39-41-43-45-47-49-51-54-57-60-66(69)72-63-64(62-71-65(68)59-56-53-12-9-6-3)73-67(70)61-58-55-52-50-48-46-44-42-40-38-35-30-28-26-24-22-20-18-16-14-11-8-5-2/h19-22,25-28,35,38,64H,4-18,23-24,29-34,36-37,39-63H2,1-3H3/b21-19-,22-20-,27-25-,28-26-,38-35-. The van der Waals surface area contributed by atoms with Crippen molar-refractivity contribution in [1.82, 2.24) is 0 Å². The molecule has 0 rings (SSSR count). The highest BCUT2D eigenvalue weighted by Gasteiger charge is 2.19. The zero-order chi connectivity index (χ0) is 52.9. The van der Waals surface area contributed by atoms with E-state index in [0.29, 0.717) is 19.3 Å². The van der Waals surface area contributed by atoms with Crippen molar-refractivity contribution >= 4 is 17.9 Å². The lowest BCUT2D eigenvalue weighted by molar-refractivity contribution is -0.167. The van der Waals surface area contributed by atoms with Gasteiger partial charge in [0, 0.05) is 19.3 Å². The van der Waals surface area contributed by atoms with Crippen LogP contribution in [0.2, 0.25) is 0 Å². The van der Waals surface area contributed by atoms with E-state index in [0.717, 1.165) is 89.9 Å². The van der Waals surface area contributed by atoms with Gasteiger partial charge in [-0.05, 0) is 89.9 Å². The van der Waals surface area contributed by atoms with Gasteiger partial charge in [0.25, 0.3) is 0 Å². The van der Waals surface area contributed by atoms with Gasteiger partial charge in [-0.1, -0.05) is 281 Å². The molecule has 6 heteroatoms. The number of unbranched alkanes of at least 4 members (excludes halogenated alkanes) is 37. The Morgan fingerprint density at radius 1 is 0.274 bits per heavy atom. The fraction of sp³-hybridized carbons (Fsp3) is 0.806. The minimum absolute atomic E-state index is 0.0753. The normalized spacial score (nSPS) is 12.4. The Bertz CT molecular complexity index is 1310. The van der Waals surface area contributed by atoms with E-state index < -0.39 is 6.10 Å². The molecular weight excluding hydrogens is 901 g/mol. The second-order valence-electron chi connectivity index (χ2n) is 21.3. The summed E-state index contributed by atoms with van der Waals surface area (Å²) in [6, 6.07) is 0. The van der Waals surface area contributed by atoms with E-state index >= 15 is 0 Å². The summed E-state index contributed by atoms with van der Waals surface area (Å²) in [6.45, 7) is 6.56. The predicted octanol–water partition coefficient (Wildman–Crippen LogP) is 21.6. The molecule has 0 amide bonds. The van der Waals surface area contributed by atoms with Crippen LogP contribution in [-0.4, -0.2) is 37.2 Å². The molecule has 0 spiro atoms. The van der Waals surface area contributed by atoms with Crippen LogP contribution in [0.1, 0.15) is 329 Å². The average molecular weight is 1020 g/mol. The molecule has 1 atom stereocenters. The van der Waals surface area contributed by atoms with Gasteiger partial charge >= 0.3 is 17.9 Å². The molecule has 0 saturated carbocycles. The first-order valence-corrected chi connectivity index (χ1v) is 31.8. The molecule has 1 unspecified atom stereocenters. The van der Waals surface area contributed by atoms with E-state index in [1.54, 1.807) is 0 Å². The number of allylic oxidation sites excluding steroid dienone is 10. The van der Waals surface area contributed by atoms with Crippen LogP contribution >= 0.6 is 0 Å². The summed E-state index contributed by atoms with van der Waals surface area (Å²) < 4.78 is 16.8. The van der Waals surface area contributed by atoms with Crippen LogP contribution in [0.5, 0.6) is 0 Å². The molecule has 0 N–H and O–H groups in total. The number of ether oxygens (including phenoxy) is 3. The van der Waals surface area contributed by atoms with Gasteiger partial charge in [-0.2, -0.15) is 0 Å². The molecule has 0 aromatic rings. The van der Waals surface area contributed by atoms with Crippen molar-refractivity contribution in [1.29, 1.82) is 0 Å². The SMILES string of the molecule is CCCCCCC/C=C\C/C=C\C/C=C\CCCCCCCCCCC(=O)OC(COC(=O)CCCCCCC)COC(=O)CCCCCCCCCCCCCCCCC/C=C\C/C=C\CCCCCCC. The molecular formula is C67H120O6. The molecule has 0 aliphatic rings. The minimum Gasteiger partial charge on any atom is -0.462 e. The average Bonchev–Trinajstić information content (AvgIpc) is 3.39. The zero-order valence-corrected chi connectivity index (χ0v) is 48.7. The van der Waals surface area contributed by atoms with E-state index in [-0.39, 0.29) is 31.1 Å². The van der Waals surface area contributed by atoms with Gasteiger partial charge in [-0.3, -0.25) is 14.4 Å². The highest BCUT2D eigenvalue weighted by Crippen LogP contribution is 2.17. The molecule has 73 heavy (non-hydrogen) atoms. The molecule has 0 heterocycles. The van der Waals surface area contributed by atoms with Gasteiger partial charge < -0.3 is 14.2 Å². The van der Waals surface area contributed by atoms with Crippen LogP contribution in [0.25, 0.3) is 0 Å². The fourth-order valence-electron chi connectivity index (χ4n) is 9.19. The first kappa shape index (κ1) is 70.1. The number of rotatable bonds is 58. The maximum Gasteiger partial charge on any atom is 0.306 e. The Morgan fingerprint density at radius 3 is 0.767 bits per heavy atom. The van der Waals surface area contributed by atoms with E-state index in [9.17, 15) is 14.4 Å². The van der Waals surface area contributed by atoms with Crippen LogP contribution in [0.15, 0.2) is 60.8 Å². The van der Waals surface area contributed by atoms with Crippen LogP contribution < -0.4 is 0 Å². The van der Waals surface area contributed by atoms with Gasteiger partial charge in [0.05, 0.1) is 0 Å². The number of carbonyl (C=O) groups excluding carboxylic acids is 3. The van der Waals surface area contributed by atoms with Gasteiger partial charge in [0.2, 0.25) is 0 Å². The summed E-state index contributed by atoms with van der Waals surface area (Å²) in [5, 5.41) is 0. The Balaban J connectivity index is 4.03. The van der Waals surface area contributed by atoms with E-state index in [1.807, 2.05) is 0 Å². The summed E-state index contributed by atoms with van der Waals surface area (Å²) in [5.74, 6) is -0.883. The van der Waals surface area contributed by atoms with Gasteiger partial charge in [-0.15, -0.1) is 0 Å². The number of hydrogen-bond donors (Lipinski definition) is 0. The summed E-state index contributed by atoms with van der Waals surface area (Å²) in [6.07, 6.45) is 78.5. The van der Waals surface area contributed by atoms with Crippen LogP contribution in [0, 0.1) is 0 Å². The van der Waals surface area contributed by atoms with Gasteiger partial charge in [-0.25, -0.2) is 0 Å². The lowest BCUT2D eigenvalue weighted by Crippen LogP contribution is -2.30. The molecule has 0 aromatic heterocycles. The maximum atomic E-state index is 12.8. The molecule has 0 aromatic carbocycles. The highest BCUT2D eigenvalue weighted by atomic mass is 16.6. The van der Waals surface area contributed by atoms with Crippen molar-refractivity contribution in [3.8, 4) is 0 Å². The minimum atomic E-state index is -0.774. The smallest absolute Gasteiger partial charge is 0.306 e. The maximum absolute atomic E-state index is 12.8. The van der Waals surface area contributed by atoms with E-state index in [2.05, 4.69) is 81.5 Å². The second kappa shape index (κ2) is 61.7. The monoisotopic (exact) mass is 1020 g/mol. The predicted molar refractivity (Wildman–Crippen MR) is 316 cm³/mol. The van der Waals surface area contributed by atoms with Crippen molar-refractivity contribution in [3.05, 3.63) is 60.8 Å². The Kier molecular flexibility index (Phi) is 59.2. The van der Waals surface area contributed by atoms with Gasteiger partial charge in [0.1, 0.15) is 13.2 Å². The first-order chi connectivity index (χ1) is 36.0. The molecule has 0 fully saturated rings. The summed E-state index contributed by atoms with van der Waals surface area (Å²) in [4.78, 5) is 37.9. The summed E-state index contributed by atoms with van der Waals surface area (Å²) >= 11 is 0. The number of hydrogen-bond acceptors (Lipinski definition) is 6. The zero-order valence-electron chi connectivity index (χ0n) is 48.7. The lowest BCUT2D eigenvalue weighted by atomic mass is 10.0. The first-order valence-electron chi connectivity index (χ1n) is 31.8. The van der Waals surface area contributed by atoms with Gasteiger partial charge in [0.15, 0.2) is 6.10 Å². The van der Waals surface area contributed by atoms with Crippen molar-refractivity contribution in [3.63, 3.8) is 0 Å².